The minimum absolute atomic E-state index is 0.0122. The molecular weight excluding hydrogens is 264 g/mol. The maximum atomic E-state index is 12.1. The van der Waals surface area contributed by atoms with Gasteiger partial charge < -0.3 is 19.6 Å². The molecule has 1 fully saturated rings. The zero-order valence-electron chi connectivity index (χ0n) is 12.0. The number of amides is 2. The first-order valence-corrected chi connectivity index (χ1v) is 6.71. The van der Waals surface area contributed by atoms with E-state index in [1.807, 2.05) is 0 Å². The van der Waals surface area contributed by atoms with Crippen LogP contribution in [0.3, 0.4) is 0 Å². The Kier molecular flexibility index (Phi) is 6.44. The van der Waals surface area contributed by atoms with Crippen LogP contribution >= 0.6 is 0 Å². The third-order valence-corrected chi connectivity index (χ3v) is 3.24. The largest absolute Gasteiger partial charge is 0.481 e. The van der Waals surface area contributed by atoms with Gasteiger partial charge in [0.2, 0.25) is 11.8 Å². The van der Waals surface area contributed by atoms with Gasteiger partial charge in [-0.15, -0.1) is 0 Å². The third kappa shape index (κ3) is 5.16. The summed E-state index contributed by atoms with van der Waals surface area (Å²) in [6.07, 6.45) is 0.956. The molecular formula is C13H22N2O5. The number of carbonyl (C=O) groups is 3. The van der Waals surface area contributed by atoms with E-state index in [2.05, 4.69) is 0 Å². The molecule has 0 aromatic carbocycles. The molecule has 0 aromatic heterocycles. The monoisotopic (exact) mass is 286 g/mol. The molecule has 20 heavy (non-hydrogen) atoms. The van der Waals surface area contributed by atoms with E-state index in [1.165, 1.54) is 4.90 Å². The van der Waals surface area contributed by atoms with Gasteiger partial charge in [-0.3, -0.25) is 14.4 Å². The number of carboxylic acids is 1. The van der Waals surface area contributed by atoms with E-state index in [0.717, 1.165) is 0 Å². The van der Waals surface area contributed by atoms with E-state index in [9.17, 15) is 14.4 Å². The van der Waals surface area contributed by atoms with Gasteiger partial charge in [0.05, 0.1) is 25.7 Å². The van der Waals surface area contributed by atoms with Crippen LogP contribution in [0.2, 0.25) is 0 Å². The van der Waals surface area contributed by atoms with Gasteiger partial charge in [0.1, 0.15) is 0 Å². The Morgan fingerprint density at radius 3 is 2.60 bits per heavy atom. The van der Waals surface area contributed by atoms with E-state index in [1.54, 1.807) is 19.0 Å². The van der Waals surface area contributed by atoms with Crippen LogP contribution in [0, 0.1) is 0 Å². The normalized spacial score (nSPS) is 18.7. The summed E-state index contributed by atoms with van der Waals surface area (Å²) in [5.74, 6) is -1.06. The lowest BCUT2D eigenvalue weighted by molar-refractivity contribution is -0.146. The molecule has 0 spiro atoms. The summed E-state index contributed by atoms with van der Waals surface area (Å²) in [5, 5.41) is 8.83. The van der Waals surface area contributed by atoms with Crippen LogP contribution in [0.25, 0.3) is 0 Å². The molecule has 7 heteroatoms. The summed E-state index contributed by atoms with van der Waals surface area (Å²) in [5.41, 5.74) is 0. The molecule has 114 valence electrons. The van der Waals surface area contributed by atoms with Crippen LogP contribution < -0.4 is 0 Å². The highest BCUT2D eigenvalue weighted by molar-refractivity contribution is 5.79. The van der Waals surface area contributed by atoms with Crippen molar-refractivity contribution in [1.29, 1.82) is 0 Å². The molecule has 1 rings (SSSR count). The molecule has 1 unspecified atom stereocenters. The van der Waals surface area contributed by atoms with Crippen molar-refractivity contribution in [2.45, 2.75) is 31.7 Å². The summed E-state index contributed by atoms with van der Waals surface area (Å²) in [6, 6.07) is -0.404. The third-order valence-electron chi connectivity index (χ3n) is 3.24. The van der Waals surface area contributed by atoms with Gasteiger partial charge in [-0.2, -0.15) is 0 Å². The lowest BCUT2D eigenvalue weighted by atomic mass is 10.1. The first kappa shape index (κ1) is 16.4. The van der Waals surface area contributed by atoms with Gasteiger partial charge in [0.25, 0.3) is 0 Å². The number of nitrogens with zero attached hydrogens (tertiary/aromatic N) is 2. The minimum Gasteiger partial charge on any atom is -0.481 e. The Morgan fingerprint density at radius 2 is 2.00 bits per heavy atom. The smallest absolute Gasteiger partial charge is 0.305 e. The number of carbonyl (C=O) groups excluding carboxylic acids is 2. The molecule has 0 saturated carbocycles. The summed E-state index contributed by atoms with van der Waals surface area (Å²) < 4.78 is 5.22. The topological polar surface area (TPSA) is 87.2 Å². The number of hydrogen-bond acceptors (Lipinski definition) is 4. The molecule has 2 amide bonds. The quantitative estimate of drug-likeness (QED) is 0.739. The second-order valence-electron chi connectivity index (χ2n) is 5.06. The molecule has 1 N–H and O–H groups in total. The Balaban J connectivity index is 2.43. The van der Waals surface area contributed by atoms with Crippen LogP contribution in [0.5, 0.6) is 0 Å². The van der Waals surface area contributed by atoms with Crippen LogP contribution in [0.4, 0.5) is 0 Å². The van der Waals surface area contributed by atoms with Gasteiger partial charge >= 0.3 is 5.97 Å². The van der Waals surface area contributed by atoms with Crippen molar-refractivity contribution in [1.82, 2.24) is 9.80 Å². The summed E-state index contributed by atoms with van der Waals surface area (Å²) in [4.78, 5) is 37.3. The molecule has 1 atom stereocenters. The molecule has 0 aliphatic carbocycles. The first-order chi connectivity index (χ1) is 9.41. The Labute approximate surface area is 118 Å². The zero-order valence-corrected chi connectivity index (χ0v) is 12.0. The van der Waals surface area contributed by atoms with Crippen molar-refractivity contribution in [3.05, 3.63) is 0 Å². The Hall–Kier alpha value is -1.63. The molecule has 7 nitrogen and oxygen atoms in total. The van der Waals surface area contributed by atoms with Crippen molar-refractivity contribution in [3.63, 3.8) is 0 Å². The van der Waals surface area contributed by atoms with Crippen molar-refractivity contribution in [3.8, 4) is 0 Å². The molecule has 1 aliphatic rings. The van der Waals surface area contributed by atoms with Crippen LogP contribution in [-0.4, -0.2) is 72.6 Å². The van der Waals surface area contributed by atoms with Crippen molar-refractivity contribution < 1.29 is 24.2 Å². The fourth-order valence-electron chi connectivity index (χ4n) is 2.11. The molecule has 0 radical (unpaired) electrons. The number of carboxylic acid groups (broad SMARTS) is 1. The summed E-state index contributed by atoms with van der Waals surface area (Å²) in [7, 11) is 3.35. The molecule has 1 saturated heterocycles. The number of aliphatic carboxylic acids is 1. The summed E-state index contributed by atoms with van der Waals surface area (Å²) in [6.45, 7) is 1.10. The number of morpholine rings is 1. The van der Waals surface area contributed by atoms with E-state index in [4.69, 9.17) is 9.84 Å². The second-order valence-corrected chi connectivity index (χ2v) is 5.06. The van der Waals surface area contributed by atoms with Gasteiger partial charge in [-0.05, 0) is 6.42 Å². The van der Waals surface area contributed by atoms with Crippen molar-refractivity contribution in [2.24, 2.45) is 0 Å². The molecule has 1 heterocycles. The maximum absolute atomic E-state index is 12.1. The summed E-state index contributed by atoms with van der Waals surface area (Å²) >= 11 is 0. The highest BCUT2D eigenvalue weighted by Crippen LogP contribution is 2.13. The standard InChI is InChI=1S/C13H22N2O5/c1-14(2)11(16)4-3-5-12(17)15-6-7-20-9-10(15)8-13(18)19/h10H,3-9H2,1-2H3,(H,18,19). The van der Waals surface area contributed by atoms with Crippen molar-refractivity contribution >= 4 is 17.8 Å². The average molecular weight is 286 g/mol. The van der Waals surface area contributed by atoms with Gasteiger partial charge in [0.15, 0.2) is 0 Å². The predicted molar refractivity (Wildman–Crippen MR) is 71.1 cm³/mol. The highest BCUT2D eigenvalue weighted by atomic mass is 16.5. The van der Waals surface area contributed by atoms with Crippen molar-refractivity contribution in [2.75, 3.05) is 33.9 Å². The zero-order chi connectivity index (χ0) is 15.1. The van der Waals surface area contributed by atoms with Gasteiger partial charge in [0, 0.05) is 33.5 Å². The van der Waals surface area contributed by atoms with Crippen LogP contribution in [-0.2, 0) is 19.1 Å². The minimum atomic E-state index is -0.943. The van der Waals surface area contributed by atoms with E-state index < -0.39 is 12.0 Å². The molecule has 0 aromatic rings. The van der Waals surface area contributed by atoms with E-state index in [0.29, 0.717) is 26.0 Å². The first-order valence-electron chi connectivity index (χ1n) is 6.71. The van der Waals surface area contributed by atoms with Gasteiger partial charge in [-0.1, -0.05) is 0 Å². The number of rotatable bonds is 6. The number of hydrogen-bond donors (Lipinski definition) is 1. The van der Waals surface area contributed by atoms with Crippen LogP contribution in [0.1, 0.15) is 25.7 Å². The van der Waals surface area contributed by atoms with E-state index >= 15 is 0 Å². The second kappa shape index (κ2) is 7.84. The maximum Gasteiger partial charge on any atom is 0.305 e. The molecule has 0 bridgehead atoms. The Morgan fingerprint density at radius 1 is 1.30 bits per heavy atom. The highest BCUT2D eigenvalue weighted by Gasteiger charge is 2.28. The Bertz CT molecular complexity index is 370. The van der Waals surface area contributed by atoms with E-state index in [-0.39, 0.29) is 31.3 Å². The molecule has 1 aliphatic heterocycles. The van der Waals surface area contributed by atoms with Gasteiger partial charge in [-0.25, -0.2) is 0 Å². The fourth-order valence-corrected chi connectivity index (χ4v) is 2.11. The number of ether oxygens (including phenoxy) is 1. The fraction of sp³-hybridized carbons (Fsp3) is 0.769. The average Bonchev–Trinajstić information content (AvgIpc) is 2.38. The SMILES string of the molecule is CN(C)C(=O)CCCC(=O)N1CCOCC1CC(=O)O. The lowest BCUT2D eigenvalue weighted by Crippen LogP contribution is -2.49. The van der Waals surface area contributed by atoms with Crippen LogP contribution in [0.15, 0.2) is 0 Å². The predicted octanol–water partition coefficient (Wildman–Crippen LogP) is -0.0530. The lowest BCUT2D eigenvalue weighted by Gasteiger charge is -2.35.